The second-order valence-corrected chi connectivity index (χ2v) is 4.80. The highest BCUT2D eigenvalue weighted by Gasteiger charge is 2.42. The minimum Gasteiger partial charge on any atom is -0.481 e. The topological polar surface area (TPSA) is 260 Å². The molecule has 14 nitrogen and oxygen atoms in total. The minimum absolute atomic E-state index is 0.526. The first-order valence-corrected chi connectivity index (χ1v) is 7.27. The van der Waals surface area contributed by atoms with Gasteiger partial charge >= 0.3 is 0 Å². The summed E-state index contributed by atoms with van der Waals surface area (Å²) in [5.74, 6) is -3.33. The average molecular weight is 420 g/mol. The number of ether oxygens (including phenoxy) is 1. The van der Waals surface area contributed by atoms with E-state index in [9.17, 15) is 0 Å². The van der Waals surface area contributed by atoms with Gasteiger partial charge in [0, 0.05) is 27.7 Å². The molecule has 28 heavy (non-hydrogen) atoms. The lowest BCUT2D eigenvalue weighted by Crippen LogP contribution is -2.58. The van der Waals surface area contributed by atoms with Crippen molar-refractivity contribution in [2.45, 2.75) is 58.4 Å². The van der Waals surface area contributed by atoms with Crippen LogP contribution in [0.3, 0.4) is 0 Å². The average Bonchev–Trinajstić information content (AvgIpc) is 2.46. The molecule has 0 aromatic rings. The molecule has 9 N–H and O–H groups in total. The van der Waals surface area contributed by atoms with Crippen molar-refractivity contribution < 1.29 is 69.9 Å². The Balaban J connectivity index is -0.000000150. The summed E-state index contributed by atoms with van der Waals surface area (Å²) >= 11 is 0. The first-order chi connectivity index (χ1) is 12.5. The molecular formula is C14H28O14. The van der Waals surface area contributed by atoms with Gasteiger partial charge in [-0.15, -0.1) is 0 Å². The number of carboxylic acid groups (broad SMARTS) is 4. The lowest BCUT2D eigenvalue weighted by atomic mass is 10.00. The Morgan fingerprint density at radius 2 is 0.893 bits per heavy atom. The van der Waals surface area contributed by atoms with Gasteiger partial charge < -0.3 is 50.7 Å². The number of rotatable bonds is 1. The highest BCUT2D eigenvalue weighted by molar-refractivity contribution is 5.63. The number of aliphatic hydroxyl groups excluding tert-OH is 5. The zero-order valence-corrected chi connectivity index (χ0v) is 15.7. The Kier molecular flexibility index (Phi) is 23.0. The summed E-state index contributed by atoms with van der Waals surface area (Å²) in [5, 5.41) is 74.3. The maximum Gasteiger partial charge on any atom is 0.300 e. The molecule has 0 spiro atoms. The van der Waals surface area contributed by atoms with Crippen LogP contribution in [-0.4, -0.2) is 107 Å². The van der Waals surface area contributed by atoms with E-state index in [-0.39, 0.29) is 0 Å². The maximum atomic E-state index is 9.12. The Morgan fingerprint density at radius 3 is 1.11 bits per heavy atom. The van der Waals surface area contributed by atoms with Gasteiger partial charge in [0.1, 0.15) is 24.4 Å². The van der Waals surface area contributed by atoms with E-state index >= 15 is 0 Å². The molecule has 1 fully saturated rings. The van der Waals surface area contributed by atoms with Crippen LogP contribution in [0.4, 0.5) is 0 Å². The normalized spacial score (nSPS) is 24.7. The Bertz CT molecular complexity index is 383. The van der Waals surface area contributed by atoms with E-state index in [1.807, 2.05) is 0 Å². The Labute approximate surface area is 159 Å². The van der Waals surface area contributed by atoms with Crippen molar-refractivity contribution in [2.24, 2.45) is 0 Å². The third-order valence-corrected chi connectivity index (χ3v) is 1.87. The number of aliphatic hydroxyl groups is 5. The van der Waals surface area contributed by atoms with Crippen molar-refractivity contribution in [1.82, 2.24) is 0 Å². The number of hydrogen-bond donors (Lipinski definition) is 9. The maximum absolute atomic E-state index is 9.12. The molecular weight excluding hydrogens is 392 g/mol. The predicted molar refractivity (Wildman–Crippen MR) is 89.2 cm³/mol. The Morgan fingerprint density at radius 1 is 0.643 bits per heavy atom. The molecule has 168 valence electrons. The van der Waals surface area contributed by atoms with Crippen LogP contribution >= 0.6 is 0 Å². The summed E-state index contributed by atoms with van der Waals surface area (Å²) in [4.78, 5) is 36.0. The molecule has 1 saturated heterocycles. The van der Waals surface area contributed by atoms with Crippen LogP contribution in [0, 0.1) is 0 Å². The van der Waals surface area contributed by atoms with Crippen LogP contribution in [0.15, 0.2) is 0 Å². The van der Waals surface area contributed by atoms with Gasteiger partial charge in [0.2, 0.25) is 0 Å². The number of hydrogen-bond acceptors (Lipinski definition) is 10. The first kappa shape index (κ1) is 33.2. The minimum atomic E-state index is -1.57. The highest BCUT2D eigenvalue weighted by atomic mass is 16.6. The summed E-state index contributed by atoms with van der Waals surface area (Å²) < 4.78 is 4.58. The van der Waals surface area contributed by atoms with Crippen LogP contribution < -0.4 is 0 Å². The molecule has 0 bridgehead atoms. The molecule has 0 amide bonds. The second kappa shape index (κ2) is 19.4. The fourth-order valence-electron chi connectivity index (χ4n) is 1.08. The van der Waals surface area contributed by atoms with Gasteiger partial charge in [-0.05, 0) is 0 Å². The van der Waals surface area contributed by atoms with Crippen molar-refractivity contribution in [2.75, 3.05) is 6.61 Å². The molecule has 1 aliphatic rings. The van der Waals surface area contributed by atoms with Crippen molar-refractivity contribution in [3.8, 4) is 0 Å². The molecule has 0 saturated carbocycles. The van der Waals surface area contributed by atoms with Crippen LogP contribution in [0.2, 0.25) is 0 Å². The lowest BCUT2D eigenvalue weighted by Gasteiger charge is -2.37. The molecule has 0 aromatic heterocycles. The predicted octanol–water partition coefficient (Wildman–Crippen LogP) is -2.86. The first-order valence-electron chi connectivity index (χ1n) is 7.27. The quantitative estimate of drug-likeness (QED) is 0.207. The molecule has 0 radical (unpaired) electrons. The molecule has 1 rings (SSSR count). The molecule has 0 aliphatic carbocycles. The fraction of sp³-hybridized carbons (Fsp3) is 0.714. The van der Waals surface area contributed by atoms with Crippen molar-refractivity contribution >= 4 is 23.9 Å². The molecule has 1 aliphatic heterocycles. The Hall–Kier alpha value is -2.36. The standard InChI is InChI=1S/C6H12O6.4C2H4O2/c7-1-2-3(8)4(9)5(10)6(11)12-2;4*1-2(3)4/h2-11H,1H2;4*1H3,(H,3,4)/t2-,3-,4+,5-,6-;;;;/m1..../s1. The van der Waals surface area contributed by atoms with E-state index in [0.29, 0.717) is 0 Å². The van der Waals surface area contributed by atoms with E-state index in [0.717, 1.165) is 27.7 Å². The van der Waals surface area contributed by atoms with Crippen LogP contribution in [0.1, 0.15) is 27.7 Å². The van der Waals surface area contributed by atoms with E-state index in [4.69, 9.17) is 65.1 Å². The highest BCUT2D eigenvalue weighted by Crippen LogP contribution is 2.18. The number of carboxylic acids is 4. The lowest BCUT2D eigenvalue weighted by molar-refractivity contribution is -0.286. The molecule has 5 atom stereocenters. The fourth-order valence-corrected chi connectivity index (χ4v) is 1.08. The number of aliphatic carboxylic acids is 4. The van der Waals surface area contributed by atoms with Gasteiger partial charge in [-0.2, -0.15) is 0 Å². The van der Waals surface area contributed by atoms with Gasteiger partial charge in [0.05, 0.1) is 6.61 Å². The SMILES string of the molecule is CC(=O)O.CC(=O)O.CC(=O)O.CC(=O)O.OC[C@H]1O[C@@H](O)[C@H](O)[C@@H](O)[C@@H]1O. The zero-order chi connectivity index (χ0) is 23.6. The summed E-state index contributed by atoms with van der Waals surface area (Å²) in [6, 6.07) is 0. The third-order valence-electron chi connectivity index (χ3n) is 1.87. The monoisotopic (exact) mass is 420 g/mol. The molecule has 0 aromatic carbocycles. The van der Waals surface area contributed by atoms with Crippen molar-refractivity contribution in [1.29, 1.82) is 0 Å². The summed E-state index contributed by atoms with van der Waals surface area (Å²) in [5.41, 5.74) is 0. The third kappa shape index (κ3) is 31.4. The largest absolute Gasteiger partial charge is 0.481 e. The molecule has 0 unspecified atom stereocenters. The summed E-state index contributed by atoms with van der Waals surface area (Å²) in [6.07, 6.45) is -7.04. The van der Waals surface area contributed by atoms with Crippen molar-refractivity contribution in [3.63, 3.8) is 0 Å². The van der Waals surface area contributed by atoms with Crippen molar-refractivity contribution in [3.05, 3.63) is 0 Å². The van der Waals surface area contributed by atoms with Crippen LogP contribution in [-0.2, 0) is 23.9 Å². The van der Waals surface area contributed by atoms with E-state index in [1.54, 1.807) is 0 Å². The molecule has 1 heterocycles. The zero-order valence-electron chi connectivity index (χ0n) is 15.7. The molecule has 14 heteroatoms. The van der Waals surface area contributed by atoms with Crippen LogP contribution in [0.5, 0.6) is 0 Å². The van der Waals surface area contributed by atoms with Gasteiger partial charge in [-0.3, -0.25) is 19.2 Å². The van der Waals surface area contributed by atoms with Gasteiger partial charge in [-0.25, -0.2) is 0 Å². The van der Waals surface area contributed by atoms with Crippen LogP contribution in [0.25, 0.3) is 0 Å². The smallest absolute Gasteiger partial charge is 0.300 e. The van der Waals surface area contributed by atoms with Gasteiger partial charge in [-0.1, -0.05) is 0 Å². The van der Waals surface area contributed by atoms with Gasteiger partial charge in [0.15, 0.2) is 6.29 Å². The van der Waals surface area contributed by atoms with E-state index in [1.165, 1.54) is 0 Å². The van der Waals surface area contributed by atoms with E-state index in [2.05, 4.69) is 4.74 Å². The number of carbonyl (C=O) groups is 4. The van der Waals surface area contributed by atoms with Gasteiger partial charge in [0.25, 0.3) is 23.9 Å². The summed E-state index contributed by atoms with van der Waals surface area (Å²) in [6.45, 7) is 3.81. The summed E-state index contributed by atoms with van der Waals surface area (Å²) in [7, 11) is 0. The van der Waals surface area contributed by atoms with E-state index < -0.39 is 61.2 Å². The second-order valence-electron chi connectivity index (χ2n) is 4.80.